The number of para-hydroxylation sites is 1. The van der Waals surface area contributed by atoms with Crippen molar-refractivity contribution in [3.63, 3.8) is 0 Å². The molecular weight excluding hydrogens is 344 g/mol. The summed E-state index contributed by atoms with van der Waals surface area (Å²) >= 11 is 0. The molecule has 2 aromatic carbocycles. The summed E-state index contributed by atoms with van der Waals surface area (Å²) in [6.07, 6.45) is 11.7. The van der Waals surface area contributed by atoms with Crippen molar-refractivity contribution < 1.29 is 4.79 Å². The molecule has 0 aromatic heterocycles. The Balaban J connectivity index is 1.47. The number of anilines is 2. The second kappa shape index (κ2) is 6.10. The maximum atomic E-state index is 13.1. The Morgan fingerprint density at radius 2 is 1.50 bits per heavy atom. The Morgan fingerprint density at radius 1 is 0.893 bits per heavy atom. The number of rotatable bonds is 2. The van der Waals surface area contributed by atoms with Crippen molar-refractivity contribution in [3.8, 4) is 0 Å². The molecule has 0 unspecified atom stereocenters. The van der Waals surface area contributed by atoms with Gasteiger partial charge in [-0.25, -0.2) is 0 Å². The predicted octanol–water partition coefficient (Wildman–Crippen LogP) is 5.09. The molecule has 1 amide bonds. The largest absolute Gasteiger partial charge is 0.370 e. The van der Waals surface area contributed by atoms with Crippen LogP contribution in [0, 0.1) is 11.8 Å². The zero-order valence-corrected chi connectivity index (χ0v) is 15.8. The zero-order chi connectivity index (χ0) is 18.7. The van der Waals surface area contributed by atoms with Gasteiger partial charge in [-0.3, -0.25) is 4.79 Å². The van der Waals surface area contributed by atoms with Gasteiger partial charge in [0.2, 0.25) is 0 Å². The third kappa shape index (κ3) is 2.39. The van der Waals surface area contributed by atoms with E-state index >= 15 is 0 Å². The standard InChI is InChI=1S/C25H24N2O/c28-25(26-19-8-2-1-3-9-19)18-12-22-20-10-4-6-16(20)14-27-15-17-7-5-11-21(17)23(13-18)24(22)27/h1-5,8-13,16-17,20-21H,6-7,14-15H2,(H,26,28)/t16-,17+,20+,21-. The van der Waals surface area contributed by atoms with Crippen molar-refractivity contribution in [2.45, 2.75) is 24.7 Å². The highest BCUT2D eigenvalue weighted by Crippen LogP contribution is 2.53. The molecule has 4 atom stereocenters. The van der Waals surface area contributed by atoms with E-state index in [0.717, 1.165) is 37.2 Å². The minimum absolute atomic E-state index is 0.00926. The number of carbonyl (C=O) groups is 1. The average molecular weight is 368 g/mol. The topological polar surface area (TPSA) is 32.3 Å². The van der Waals surface area contributed by atoms with Gasteiger partial charge < -0.3 is 10.2 Å². The number of hydrogen-bond donors (Lipinski definition) is 1. The maximum Gasteiger partial charge on any atom is 0.255 e. The lowest BCUT2D eigenvalue weighted by Gasteiger charge is -2.46. The molecule has 2 aliphatic heterocycles. The van der Waals surface area contributed by atoms with Crippen molar-refractivity contribution >= 4 is 17.3 Å². The van der Waals surface area contributed by atoms with Crippen LogP contribution in [0.3, 0.4) is 0 Å². The molecule has 1 N–H and O–H groups in total. The SMILES string of the molecule is O=C(Nc1ccccc1)c1cc2c3c(c1)[C@@H]1C=CC[C@H]1CN3C[C@H]1CC=C[C@H]21. The van der Waals surface area contributed by atoms with Crippen LogP contribution < -0.4 is 10.2 Å². The smallest absolute Gasteiger partial charge is 0.255 e. The van der Waals surface area contributed by atoms with E-state index in [2.05, 4.69) is 46.7 Å². The lowest BCUT2D eigenvalue weighted by molar-refractivity contribution is 0.102. The van der Waals surface area contributed by atoms with Crippen LogP contribution in [0.25, 0.3) is 0 Å². The van der Waals surface area contributed by atoms with E-state index in [-0.39, 0.29) is 5.91 Å². The first-order chi connectivity index (χ1) is 13.8. The van der Waals surface area contributed by atoms with Crippen LogP contribution >= 0.6 is 0 Å². The molecule has 0 bridgehead atoms. The number of amides is 1. The molecule has 3 nitrogen and oxygen atoms in total. The van der Waals surface area contributed by atoms with Crippen LogP contribution in [0.5, 0.6) is 0 Å². The summed E-state index contributed by atoms with van der Waals surface area (Å²) in [7, 11) is 0. The first-order valence-corrected chi connectivity index (χ1v) is 10.4. The van der Waals surface area contributed by atoms with Crippen molar-refractivity contribution in [2.75, 3.05) is 23.3 Å². The van der Waals surface area contributed by atoms with Crippen LogP contribution in [-0.2, 0) is 0 Å². The number of hydrogen-bond acceptors (Lipinski definition) is 2. The fraction of sp³-hybridized carbons (Fsp3) is 0.320. The van der Waals surface area contributed by atoms with Crippen LogP contribution in [0.4, 0.5) is 11.4 Å². The van der Waals surface area contributed by atoms with Gasteiger partial charge in [-0.1, -0.05) is 42.5 Å². The van der Waals surface area contributed by atoms with Gasteiger partial charge in [0.05, 0.1) is 0 Å². The predicted molar refractivity (Wildman–Crippen MR) is 113 cm³/mol. The van der Waals surface area contributed by atoms with Gasteiger partial charge in [-0.2, -0.15) is 0 Å². The number of nitrogens with one attached hydrogen (secondary N) is 1. The van der Waals surface area contributed by atoms with E-state index in [1.807, 2.05) is 30.3 Å². The lowest BCUT2D eigenvalue weighted by Crippen LogP contribution is -2.43. The van der Waals surface area contributed by atoms with Crippen LogP contribution in [0.1, 0.15) is 46.2 Å². The van der Waals surface area contributed by atoms with Gasteiger partial charge >= 0.3 is 0 Å². The van der Waals surface area contributed by atoms with E-state index in [0.29, 0.717) is 23.7 Å². The molecule has 3 heteroatoms. The Kier molecular flexibility index (Phi) is 3.52. The molecule has 0 radical (unpaired) electrons. The number of carbonyl (C=O) groups excluding carboxylic acids is 1. The summed E-state index contributed by atoms with van der Waals surface area (Å²) in [4.78, 5) is 15.7. The summed E-state index contributed by atoms with van der Waals surface area (Å²) in [6, 6.07) is 14.1. The molecule has 2 heterocycles. The number of fused-ring (bicyclic) bond motifs is 4. The maximum absolute atomic E-state index is 13.1. The van der Waals surface area contributed by atoms with E-state index < -0.39 is 0 Å². The normalized spacial score (nSPS) is 28.6. The summed E-state index contributed by atoms with van der Waals surface area (Å²) in [5, 5.41) is 3.08. The van der Waals surface area contributed by atoms with E-state index in [9.17, 15) is 4.79 Å². The fourth-order valence-corrected chi connectivity index (χ4v) is 5.73. The molecule has 0 saturated carbocycles. The highest BCUT2D eigenvalue weighted by Gasteiger charge is 2.42. The Morgan fingerprint density at radius 3 is 2.11 bits per heavy atom. The van der Waals surface area contributed by atoms with Gasteiger partial charge in [0, 0.05) is 41.9 Å². The van der Waals surface area contributed by atoms with E-state index in [1.165, 1.54) is 16.8 Å². The van der Waals surface area contributed by atoms with Gasteiger partial charge in [0.25, 0.3) is 5.91 Å². The summed E-state index contributed by atoms with van der Waals surface area (Å²) in [6.45, 7) is 2.30. The molecule has 28 heavy (non-hydrogen) atoms. The molecule has 0 fully saturated rings. The number of nitrogens with zero attached hydrogens (tertiary/aromatic N) is 1. The average Bonchev–Trinajstić information content (AvgIpc) is 3.38. The van der Waals surface area contributed by atoms with Gasteiger partial charge in [-0.15, -0.1) is 0 Å². The van der Waals surface area contributed by atoms with Gasteiger partial charge in [0.15, 0.2) is 0 Å². The Labute approximate surface area is 165 Å². The minimum atomic E-state index is -0.00926. The van der Waals surface area contributed by atoms with Crippen molar-refractivity contribution in [1.29, 1.82) is 0 Å². The Hall–Kier alpha value is -2.81. The Bertz CT molecular complexity index is 955. The molecule has 0 saturated heterocycles. The van der Waals surface area contributed by atoms with Crippen molar-refractivity contribution in [1.82, 2.24) is 0 Å². The summed E-state index contributed by atoms with van der Waals surface area (Å²) in [5.41, 5.74) is 5.77. The molecule has 2 aliphatic carbocycles. The quantitative estimate of drug-likeness (QED) is 0.749. The zero-order valence-electron chi connectivity index (χ0n) is 15.8. The molecule has 140 valence electrons. The molecule has 4 aliphatic rings. The summed E-state index contributed by atoms with van der Waals surface area (Å²) < 4.78 is 0. The fourth-order valence-electron chi connectivity index (χ4n) is 5.73. The highest BCUT2D eigenvalue weighted by atomic mass is 16.1. The summed E-state index contributed by atoms with van der Waals surface area (Å²) in [5.74, 6) is 2.20. The lowest BCUT2D eigenvalue weighted by atomic mass is 9.74. The highest BCUT2D eigenvalue weighted by molar-refractivity contribution is 6.05. The molecule has 6 rings (SSSR count). The molecule has 0 spiro atoms. The van der Waals surface area contributed by atoms with Gasteiger partial charge in [-0.05, 0) is 60.1 Å². The number of allylic oxidation sites excluding steroid dienone is 4. The van der Waals surface area contributed by atoms with Crippen LogP contribution in [0.15, 0.2) is 66.8 Å². The first kappa shape index (κ1) is 16.2. The molecule has 2 aromatic rings. The second-order valence-electron chi connectivity index (χ2n) is 8.63. The van der Waals surface area contributed by atoms with Gasteiger partial charge in [0.1, 0.15) is 0 Å². The van der Waals surface area contributed by atoms with E-state index in [4.69, 9.17) is 0 Å². The van der Waals surface area contributed by atoms with Crippen LogP contribution in [0.2, 0.25) is 0 Å². The van der Waals surface area contributed by atoms with Crippen LogP contribution in [-0.4, -0.2) is 19.0 Å². The first-order valence-electron chi connectivity index (χ1n) is 10.4. The monoisotopic (exact) mass is 368 g/mol. The molecular formula is C25H24N2O. The third-order valence-electron chi connectivity index (χ3n) is 6.99. The minimum Gasteiger partial charge on any atom is -0.370 e. The number of benzene rings is 2. The van der Waals surface area contributed by atoms with Crippen molar-refractivity contribution in [2.24, 2.45) is 11.8 Å². The second-order valence-corrected chi connectivity index (χ2v) is 8.63. The third-order valence-corrected chi connectivity index (χ3v) is 6.99. The van der Waals surface area contributed by atoms with Crippen molar-refractivity contribution in [3.05, 3.63) is 83.5 Å². The van der Waals surface area contributed by atoms with E-state index in [1.54, 1.807) is 0 Å².